The van der Waals surface area contributed by atoms with Crippen LogP contribution in [0.15, 0.2) is 47.4 Å². The normalized spacial score (nSPS) is 11.3. The minimum absolute atomic E-state index is 0.0263. The van der Waals surface area contributed by atoms with Crippen LogP contribution in [0.25, 0.3) is 0 Å². The van der Waals surface area contributed by atoms with E-state index in [1.165, 1.54) is 37.4 Å². The molecule has 1 amide bonds. The molecule has 2 aromatic carbocycles. The average Bonchev–Trinajstić information content (AvgIpc) is 2.50. The van der Waals surface area contributed by atoms with Crippen molar-refractivity contribution < 1.29 is 22.0 Å². The fourth-order valence-corrected chi connectivity index (χ4v) is 3.38. The third kappa shape index (κ3) is 4.52. The van der Waals surface area contributed by atoms with Crippen LogP contribution in [0.5, 0.6) is 0 Å². The molecule has 0 unspecified atom stereocenters. The molecule has 2 aromatic rings. The van der Waals surface area contributed by atoms with E-state index in [2.05, 4.69) is 0 Å². The third-order valence-corrected chi connectivity index (χ3v) is 5.20. The van der Waals surface area contributed by atoms with E-state index < -0.39 is 33.1 Å². The zero-order valence-corrected chi connectivity index (χ0v) is 14.2. The van der Waals surface area contributed by atoms with E-state index in [9.17, 15) is 22.0 Å². The molecule has 8 heteroatoms. The van der Waals surface area contributed by atoms with Gasteiger partial charge in [-0.25, -0.2) is 17.2 Å². The Balaban J connectivity index is 2.09. The van der Waals surface area contributed by atoms with Gasteiger partial charge in [0.25, 0.3) is 0 Å². The standard InChI is InChI=1S/C16H14ClF2NO3S/c1-20(9-11-2-5-13(18)8-15(11)19)16(21)10-24(22,23)14-6-3-12(17)4-7-14/h2-8H,9-10H2,1H3. The van der Waals surface area contributed by atoms with Crippen LogP contribution in [0.2, 0.25) is 5.02 Å². The van der Waals surface area contributed by atoms with Gasteiger partial charge in [-0.2, -0.15) is 0 Å². The van der Waals surface area contributed by atoms with Gasteiger partial charge in [-0.05, 0) is 30.3 Å². The highest BCUT2D eigenvalue weighted by Crippen LogP contribution is 2.17. The second kappa shape index (κ2) is 7.27. The van der Waals surface area contributed by atoms with Gasteiger partial charge in [-0.15, -0.1) is 0 Å². The second-order valence-electron chi connectivity index (χ2n) is 5.20. The molecule has 0 fully saturated rings. The quantitative estimate of drug-likeness (QED) is 0.809. The summed E-state index contributed by atoms with van der Waals surface area (Å²) in [5, 5.41) is 0.379. The van der Waals surface area contributed by atoms with Crippen molar-refractivity contribution in [2.45, 2.75) is 11.4 Å². The number of nitrogens with zero attached hydrogens (tertiary/aromatic N) is 1. The predicted molar refractivity (Wildman–Crippen MR) is 86.3 cm³/mol. The molecular weight excluding hydrogens is 360 g/mol. The van der Waals surface area contributed by atoms with Gasteiger partial charge in [0.1, 0.15) is 17.4 Å². The molecule has 0 heterocycles. The fraction of sp³-hybridized carbons (Fsp3) is 0.188. The maximum Gasteiger partial charge on any atom is 0.238 e. The van der Waals surface area contributed by atoms with Crippen LogP contribution < -0.4 is 0 Å². The van der Waals surface area contributed by atoms with Crippen molar-refractivity contribution in [3.05, 3.63) is 64.7 Å². The van der Waals surface area contributed by atoms with Gasteiger partial charge in [0.05, 0.1) is 4.90 Å². The molecule has 0 aliphatic carbocycles. The van der Waals surface area contributed by atoms with Crippen molar-refractivity contribution in [3.63, 3.8) is 0 Å². The summed E-state index contributed by atoms with van der Waals surface area (Å²) in [6.07, 6.45) is 0. The number of hydrogen-bond acceptors (Lipinski definition) is 3. The maximum absolute atomic E-state index is 13.6. The monoisotopic (exact) mass is 373 g/mol. The van der Waals surface area contributed by atoms with Gasteiger partial charge in [-0.3, -0.25) is 4.79 Å². The van der Waals surface area contributed by atoms with E-state index in [0.717, 1.165) is 11.0 Å². The Kier molecular flexibility index (Phi) is 5.56. The first kappa shape index (κ1) is 18.4. The molecule has 0 saturated carbocycles. The van der Waals surface area contributed by atoms with Crippen LogP contribution in [0.3, 0.4) is 0 Å². The Morgan fingerprint density at radius 2 is 1.75 bits per heavy atom. The minimum Gasteiger partial charge on any atom is -0.340 e. The first-order valence-electron chi connectivity index (χ1n) is 6.85. The van der Waals surface area contributed by atoms with E-state index >= 15 is 0 Å². The molecule has 0 aliphatic rings. The predicted octanol–water partition coefficient (Wildman–Crippen LogP) is 3.05. The minimum atomic E-state index is -3.83. The summed E-state index contributed by atoms with van der Waals surface area (Å²) in [7, 11) is -2.48. The topological polar surface area (TPSA) is 54.5 Å². The third-order valence-electron chi connectivity index (χ3n) is 3.33. The second-order valence-corrected chi connectivity index (χ2v) is 7.62. The molecule has 24 heavy (non-hydrogen) atoms. The Bertz CT molecular complexity index is 854. The lowest BCUT2D eigenvalue weighted by atomic mass is 10.2. The SMILES string of the molecule is CN(Cc1ccc(F)cc1F)C(=O)CS(=O)(=O)c1ccc(Cl)cc1. The van der Waals surface area contributed by atoms with Gasteiger partial charge < -0.3 is 4.90 Å². The van der Waals surface area contributed by atoms with Crippen molar-refractivity contribution in [2.75, 3.05) is 12.8 Å². The van der Waals surface area contributed by atoms with E-state index in [0.29, 0.717) is 11.1 Å². The molecule has 0 bridgehead atoms. The van der Waals surface area contributed by atoms with Crippen LogP contribution in [-0.2, 0) is 21.2 Å². The molecule has 128 valence electrons. The van der Waals surface area contributed by atoms with Crippen molar-refractivity contribution in [3.8, 4) is 0 Å². The number of hydrogen-bond donors (Lipinski definition) is 0. The first-order chi connectivity index (χ1) is 11.2. The first-order valence-corrected chi connectivity index (χ1v) is 8.88. The number of halogens is 3. The Labute approximate surface area is 143 Å². The molecule has 0 atom stereocenters. The van der Waals surface area contributed by atoms with Crippen molar-refractivity contribution in [1.29, 1.82) is 0 Å². The van der Waals surface area contributed by atoms with Crippen LogP contribution in [-0.4, -0.2) is 32.0 Å². The van der Waals surface area contributed by atoms with Gasteiger partial charge >= 0.3 is 0 Å². The smallest absolute Gasteiger partial charge is 0.238 e. The zero-order chi connectivity index (χ0) is 17.9. The zero-order valence-electron chi connectivity index (χ0n) is 12.7. The summed E-state index contributed by atoms with van der Waals surface area (Å²) in [4.78, 5) is 13.2. The van der Waals surface area contributed by atoms with Crippen LogP contribution in [0.1, 0.15) is 5.56 Å². The average molecular weight is 374 g/mol. The van der Waals surface area contributed by atoms with Crippen LogP contribution >= 0.6 is 11.6 Å². The van der Waals surface area contributed by atoms with Gasteiger partial charge in [0, 0.05) is 30.2 Å². The number of rotatable bonds is 5. The number of amides is 1. The van der Waals surface area contributed by atoms with Crippen molar-refractivity contribution in [1.82, 2.24) is 4.90 Å². The summed E-state index contributed by atoms with van der Waals surface area (Å²) in [6, 6.07) is 8.43. The van der Waals surface area contributed by atoms with Gasteiger partial charge in [0.2, 0.25) is 5.91 Å². The summed E-state index contributed by atoms with van der Waals surface area (Å²) < 4.78 is 50.9. The lowest BCUT2D eigenvalue weighted by Gasteiger charge is -2.17. The number of carbonyl (C=O) groups excluding carboxylic acids is 1. The highest BCUT2D eigenvalue weighted by molar-refractivity contribution is 7.92. The van der Waals surface area contributed by atoms with Crippen molar-refractivity contribution >= 4 is 27.3 Å². The Morgan fingerprint density at radius 3 is 2.33 bits per heavy atom. The summed E-state index contributed by atoms with van der Waals surface area (Å²) in [5.74, 6) is -2.98. The van der Waals surface area contributed by atoms with Gasteiger partial charge in [-0.1, -0.05) is 17.7 Å². The molecule has 0 spiro atoms. The van der Waals surface area contributed by atoms with E-state index in [1.54, 1.807) is 0 Å². The van der Waals surface area contributed by atoms with E-state index in [4.69, 9.17) is 11.6 Å². The largest absolute Gasteiger partial charge is 0.340 e. The number of benzene rings is 2. The molecule has 0 N–H and O–H groups in total. The lowest BCUT2D eigenvalue weighted by Crippen LogP contribution is -2.32. The maximum atomic E-state index is 13.6. The number of sulfone groups is 1. The van der Waals surface area contributed by atoms with Crippen molar-refractivity contribution in [2.24, 2.45) is 0 Å². The molecular formula is C16H14ClF2NO3S. The molecule has 0 saturated heterocycles. The van der Waals surface area contributed by atoms with E-state index in [1.807, 2.05) is 0 Å². The molecule has 0 aliphatic heterocycles. The highest BCUT2D eigenvalue weighted by Gasteiger charge is 2.22. The van der Waals surface area contributed by atoms with Crippen LogP contribution in [0.4, 0.5) is 8.78 Å². The molecule has 0 radical (unpaired) electrons. The molecule has 4 nitrogen and oxygen atoms in total. The fourth-order valence-electron chi connectivity index (χ4n) is 1.99. The Hall–Kier alpha value is -1.99. The summed E-state index contributed by atoms with van der Waals surface area (Å²) in [5.41, 5.74) is 0.0936. The molecule has 2 rings (SSSR count). The number of carbonyl (C=O) groups is 1. The summed E-state index contributed by atoms with van der Waals surface area (Å²) >= 11 is 5.70. The van der Waals surface area contributed by atoms with Crippen LogP contribution in [0, 0.1) is 11.6 Å². The highest BCUT2D eigenvalue weighted by atomic mass is 35.5. The lowest BCUT2D eigenvalue weighted by molar-refractivity contribution is -0.127. The summed E-state index contributed by atoms with van der Waals surface area (Å²) in [6.45, 7) is -0.166. The van der Waals surface area contributed by atoms with E-state index in [-0.39, 0.29) is 17.0 Å². The molecule has 0 aromatic heterocycles. The van der Waals surface area contributed by atoms with Gasteiger partial charge in [0.15, 0.2) is 9.84 Å². The Morgan fingerprint density at radius 1 is 1.12 bits per heavy atom.